The Balaban J connectivity index is 1.90. The Bertz CT molecular complexity index is 769. The third-order valence-electron chi connectivity index (χ3n) is 4.40. The first-order valence-electron chi connectivity index (χ1n) is 7.81. The summed E-state index contributed by atoms with van der Waals surface area (Å²) >= 11 is 0. The molecule has 0 unspecified atom stereocenters. The molecule has 0 amide bonds. The Kier molecular flexibility index (Phi) is 4.50. The number of sulfonamides is 1. The van der Waals surface area contributed by atoms with Gasteiger partial charge < -0.3 is 0 Å². The van der Waals surface area contributed by atoms with E-state index in [0.717, 1.165) is 18.4 Å². The van der Waals surface area contributed by atoms with E-state index in [1.54, 1.807) is 30.3 Å². The highest BCUT2D eigenvalue weighted by Gasteiger charge is 2.40. The molecule has 23 heavy (non-hydrogen) atoms. The van der Waals surface area contributed by atoms with Gasteiger partial charge in [-0.25, -0.2) is 17.5 Å². The van der Waals surface area contributed by atoms with E-state index in [2.05, 4.69) is 4.72 Å². The summed E-state index contributed by atoms with van der Waals surface area (Å²) in [5.41, 5.74) is 0.356. The van der Waals surface area contributed by atoms with Crippen LogP contribution >= 0.6 is 0 Å². The third kappa shape index (κ3) is 3.62. The normalized spacial score (nSPS) is 17.3. The number of hydrogen-bond donors (Lipinski definition) is 1. The standard InChI is InChI=1S/C18H20FNO2S/c19-17-11-5-4-10-16(17)18(12-6-7-13-18)20-23(21,22)14-15-8-2-1-3-9-15/h1-5,8-11,20H,6-7,12-14H2. The molecule has 2 aromatic rings. The van der Waals surface area contributed by atoms with Gasteiger partial charge in [-0.15, -0.1) is 0 Å². The van der Waals surface area contributed by atoms with Crippen LogP contribution in [0.1, 0.15) is 36.8 Å². The van der Waals surface area contributed by atoms with Gasteiger partial charge in [-0.2, -0.15) is 0 Å². The van der Waals surface area contributed by atoms with Gasteiger partial charge in [0.1, 0.15) is 5.82 Å². The van der Waals surface area contributed by atoms with Crippen LogP contribution < -0.4 is 4.72 Å². The van der Waals surface area contributed by atoms with Crippen LogP contribution in [-0.2, 0) is 21.3 Å². The van der Waals surface area contributed by atoms with Crippen LogP contribution in [0.2, 0.25) is 0 Å². The highest BCUT2D eigenvalue weighted by Crippen LogP contribution is 2.40. The molecule has 122 valence electrons. The summed E-state index contributed by atoms with van der Waals surface area (Å²) in [6.45, 7) is 0. The molecular formula is C18H20FNO2S. The Hall–Kier alpha value is -1.72. The van der Waals surface area contributed by atoms with E-state index in [0.29, 0.717) is 18.4 Å². The van der Waals surface area contributed by atoms with Crippen molar-refractivity contribution >= 4 is 10.0 Å². The van der Waals surface area contributed by atoms with Gasteiger partial charge in [0.2, 0.25) is 10.0 Å². The van der Waals surface area contributed by atoms with Crippen molar-refractivity contribution in [3.63, 3.8) is 0 Å². The van der Waals surface area contributed by atoms with Crippen LogP contribution in [0, 0.1) is 5.82 Å². The van der Waals surface area contributed by atoms with Crippen molar-refractivity contribution in [3.05, 3.63) is 71.5 Å². The molecule has 1 fully saturated rings. The summed E-state index contributed by atoms with van der Waals surface area (Å²) in [4.78, 5) is 0. The molecule has 0 heterocycles. The van der Waals surface area contributed by atoms with Gasteiger partial charge in [-0.05, 0) is 24.5 Å². The molecule has 0 aromatic heterocycles. The molecule has 5 heteroatoms. The number of nitrogens with one attached hydrogen (secondary N) is 1. The number of rotatable bonds is 5. The van der Waals surface area contributed by atoms with Gasteiger partial charge in [0.15, 0.2) is 0 Å². The maximum Gasteiger partial charge on any atom is 0.216 e. The summed E-state index contributed by atoms with van der Waals surface area (Å²) < 4.78 is 42.3. The molecule has 0 radical (unpaired) electrons. The molecule has 2 aromatic carbocycles. The molecule has 1 aliphatic rings. The van der Waals surface area contributed by atoms with Crippen molar-refractivity contribution < 1.29 is 12.8 Å². The number of hydrogen-bond acceptors (Lipinski definition) is 2. The lowest BCUT2D eigenvalue weighted by Crippen LogP contribution is -2.44. The lowest BCUT2D eigenvalue weighted by atomic mass is 9.89. The maximum absolute atomic E-state index is 14.3. The zero-order valence-corrected chi connectivity index (χ0v) is 13.7. The first kappa shape index (κ1) is 16.1. The minimum Gasteiger partial charge on any atom is -0.212 e. The fourth-order valence-electron chi connectivity index (χ4n) is 3.38. The molecule has 1 saturated carbocycles. The fraction of sp³-hybridized carbons (Fsp3) is 0.333. The van der Waals surface area contributed by atoms with Gasteiger partial charge in [-0.1, -0.05) is 61.4 Å². The van der Waals surface area contributed by atoms with Gasteiger partial charge >= 0.3 is 0 Å². The van der Waals surface area contributed by atoms with Crippen LogP contribution in [0.3, 0.4) is 0 Å². The smallest absolute Gasteiger partial charge is 0.212 e. The van der Waals surface area contributed by atoms with Gasteiger partial charge in [0.05, 0.1) is 11.3 Å². The van der Waals surface area contributed by atoms with Crippen molar-refractivity contribution in [2.24, 2.45) is 0 Å². The zero-order valence-electron chi connectivity index (χ0n) is 12.8. The Morgan fingerprint density at radius 1 is 0.957 bits per heavy atom. The summed E-state index contributed by atoms with van der Waals surface area (Å²) in [7, 11) is -3.56. The zero-order chi connectivity index (χ0) is 16.3. The van der Waals surface area contributed by atoms with E-state index in [1.807, 2.05) is 18.2 Å². The molecule has 0 atom stereocenters. The molecular weight excluding hydrogens is 313 g/mol. The Morgan fingerprint density at radius 3 is 2.22 bits per heavy atom. The second kappa shape index (κ2) is 6.42. The van der Waals surface area contributed by atoms with Crippen LogP contribution in [-0.4, -0.2) is 8.42 Å². The van der Waals surface area contributed by atoms with E-state index in [-0.39, 0.29) is 11.6 Å². The minimum atomic E-state index is -3.56. The monoisotopic (exact) mass is 333 g/mol. The molecule has 3 rings (SSSR count). The molecule has 0 aliphatic heterocycles. The van der Waals surface area contributed by atoms with E-state index < -0.39 is 15.6 Å². The summed E-state index contributed by atoms with van der Waals surface area (Å²) in [6, 6.07) is 15.5. The quantitative estimate of drug-likeness (QED) is 0.906. The van der Waals surface area contributed by atoms with Gasteiger partial charge in [0, 0.05) is 5.56 Å². The molecule has 1 N–H and O–H groups in total. The van der Waals surface area contributed by atoms with Crippen molar-refractivity contribution in [1.29, 1.82) is 0 Å². The van der Waals surface area contributed by atoms with Crippen LogP contribution in [0.4, 0.5) is 4.39 Å². The van der Waals surface area contributed by atoms with E-state index in [4.69, 9.17) is 0 Å². The third-order valence-corrected chi connectivity index (χ3v) is 5.81. The lowest BCUT2D eigenvalue weighted by Gasteiger charge is -2.31. The Labute approximate surface area is 136 Å². The first-order valence-corrected chi connectivity index (χ1v) is 9.47. The van der Waals surface area contributed by atoms with Crippen molar-refractivity contribution in [3.8, 4) is 0 Å². The number of benzene rings is 2. The van der Waals surface area contributed by atoms with Gasteiger partial charge in [0.25, 0.3) is 0 Å². The van der Waals surface area contributed by atoms with Crippen LogP contribution in [0.15, 0.2) is 54.6 Å². The predicted octanol–water partition coefficient (Wildman–Crippen LogP) is 3.71. The molecule has 3 nitrogen and oxygen atoms in total. The largest absolute Gasteiger partial charge is 0.216 e. The minimum absolute atomic E-state index is 0.0932. The van der Waals surface area contributed by atoms with Crippen molar-refractivity contribution in [2.45, 2.75) is 37.0 Å². The van der Waals surface area contributed by atoms with Crippen molar-refractivity contribution in [1.82, 2.24) is 4.72 Å². The topological polar surface area (TPSA) is 46.2 Å². The second-order valence-electron chi connectivity index (χ2n) is 6.12. The average molecular weight is 333 g/mol. The van der Waals surface area contributed by atoms with E-state index >= 15 is 0 Å². The second-order valence-corrected chi connectivity index (χ2v) is 7.84. The maximum atomic E-state index is 14.3. The highest BCUT2D eigenvalue weighted by molar-refractivity contribution is 7.88. The van der Waals surface area contributed by atoms with E-state index in [9.17, 15) is 12.8 Å². The summed E-state index contributed by atoms with van der Waals surface area (Å²) in [5.74, 6) is -0.443. The highest BCUT2D eigenvalue weighted by atomic mass is 32.2. The first-order chi connectivity index (χ1) is 11.0. The SMILES string of the molecule is O=S(=O)(Cc1ccccc1)NC1(c2ccccc2F)CCCC1. The molecule has 1 aliphatic carbocycles. The van der Waals surface area contributed by atoms with E-state index in [1.165, 1.54) is 6.07 Å². The molecule has 0 saturated heterocycles. The van der Waals surface area contributed by atoms with Crippen LogP contribution in [0.5, 0.6) is 0 Å². The summed E-state index contributed by atoms with van der Waals surface area (Å²) in [5, 5.41) is 0. The lowest BCUT2D eigenvalue weighted by molar-refractivity contribution is 0.385. The average Bonchev–Trinajstić information content (AvgIpc) is 2.96. The Morgan fingerprint density at radius 2 is 1.57 bits per heavy atom. The van der Waals surface area contributed by atoms with Gasteiger partial charge in [-0.3, -0.25) is 0 Å². The molecule has 0 spiro atoms. The molecule has 0 bridgehead atoms. The number of halogens is 1. The summed E-state index contributed by atoms with van der Waals surface area (Å²) in [6.07, 6.45) is 3.04. The van der Waals surface area contributed by atoms with Crippen LogP contribution in [0.25, 0.3) is 0 Å². The predicted molar refractivity (Wildman–Crippen MR) is 88.7 cm³/mol. The van der Waals surface area contributed by atoms with Crippen molar-refractivity contribution in [2.75, 3.05) is 0 Å². The fourth-order valence-corrected chi connectivity index (χ4v) is 4.99.